The average Bonchev–Trinajstić information content (AvgIpc) is 2.86. The number of benzene rings is 1. The molecule has 2 heterocycles. The lowest BCUT2D eigenvalue weighted by molar-refractivity contribution is 0.213. The Morgan fingerprint density at radius 1 is 1.19 bits per heavy atom. The zero-order valence-corrected chi connectivity index (χ0v) is 13.0. The number of rotatable bonds is 5. The monoisotopic (exact) mass is 286 g/mol. The molecule has 2 N–H and O–H groups in total. The van der Waals surface area contributed by atoms with Gasteiger partial charge in [-0.15, -0.1) is 0 Å². The molecule has 1 aliphatic rings. The molecule has 0 radical (unpaired) electrons. The van der Waals surface area contributed by atoms with Gasteiger partial charge in [0.15, 0.2) is 0 Å². The number of piperidine rings is 1. The van der Waals surface area contributed by atoms with Gasteiger partial charge in [-0.1, -0.05) is 25.5 Å². The lowest BCUT2D eigenvalue weighted by Crippen LogP contribution is -2.32. The Morgan fingerprint density at radius 2 is 1.95 bits per heavy atom. The number of aromatic nitrogens is 2. The summed E-state index contributed by atoms with van der Waals surface area (Å²) in [6.07, 6.45) is 4.99. The van der Waals surface area contributed by atoms with E-state index < -0.39 is 0 Å². The lowest BCUT2D eigenvalue weighted by Gasteiger charge is -2.26. The summed E-state index contributed by atoms with van der Waals surface area (Å²) in [7, 11) is 0. The Kier molecular flexibility index (Phi) is 4.56. The second kappa shape index (κ2) is 6.58. The molecule has 1 saturated heterocycles. The molecule has 0 amide bonds. The van der Waals surface area contributed by atoms with Crippen molar-refractivity contribution in [3.05, 3.63) is 30.1 Å². The molecule has 114 valence electrons. The average molecular weight is 286 g/mol. The number of hydrogen-bond donors (Lipinski definition) is 1. The van der Waals surface area contributed by atoms with Crippen molar-refractivity contribution in [3.63, 3.8) is 0 Å². The molecule has 0 saturated carbocycles. The fraction of sp³-hybridized carbons (Fsp3) is 0.588. The van der Waals surface area contributed by atoms with Crippen LogP contribution in [0.3, 0.4) is 0 Å². The predicted octanol–water partition coefficient (Wildman–Crippen LogP) is 2.76. The minimum Gasteiger partial charge on any atom is -0.326 e. The Morgan fingerprint density at radius 3 is 2.71 bits per heavy atom. The van der Waals surface area contributed by atoms with E-state index in [4.69, 9.17) is 10.7 Å². The quantitative estimate of drug-likeness (QED) is 0.919. The molecule has 21 heavy (non-hydrogen) atoms. The number of likely N-dealkylation sites (tertiary alicyclic amines) is 1. The van der Waals surface area contributed by atoms with E-state index in [-0.39, 0.29) is 6.04 Å². The van der Waals surface area contributed by atoms with Crippen LogP contribution in [0.1, 0.15) is 38.4 Å². The highest BCUT2D eigenvalue weighted by molar-refractivity contribution is 5.75. The normalized spacial score (nSPS) is 18.2. The van der Waals surface area contributed by atoms with Crippen LogP contribution in [-0.4, -0.2) is 33.6 Å². The maximum absolute atomic E-state index is 6.20. The Balaban J connectivity index is 1.89. The zero-order valence-electron chi connectivity index (χ0n) is 13.0. The largest absolute Gasteiger partial charge is 0.326 e. The van der Waals surface area contributed by atoms with Gasteiger partial charge in [-0.2, -0.15) is 0 Å². The standard InChI is InChI=1S/C17H26N4/c1-2-14(18)12-21-16-9-5-4-8-15(16)19-17(21)13-20-10-6-3-7-11-20/h4-5,8-9,14H,2-3,6-7,10-13,18H2,1H3. The summed E-state index contributed by atoms with van der Waals surface area (Å²) < 4.78 is 2.33. The SMILES string of the molecule is CCC(N)Cn1c(CN2CCCCC2)nc2ccccc21. The molecule has 1 aromatic heterocycles. The third-order valence-corrected chi connectivity index (χ3v) is 4.49. The van der Waals surface area contributed by atoms with Gasteiger partial charge in [-0.3, -0.25) is 4.90 Å². The number of nitrogens with zero attached hydrogens (tertiary/aromatic N) is 3. The van der Waals surface area contributed by atoms with E-state index in [1.807, 2.05) is 0 Å². The van der Waals surface area contributed by atoms with Gasteiger partial charge in [-0.25, -0.2) is 4.98 Å². The fourth-order valence-electron chi connectivity index (χ4n) is 3.13. The maximum atomic E-state index is 6.20. The van der Waals surface area contributed by atoms with Crippen molar-refractivity contribution in [1.82, 2.24) is 14.5 Å². The van der Waals surface area contributed by atoms with Gasteiger partial charge in [0, 0.05) is 12.6 Å². The van der Waals surface area contributed by atoms with Crippen molar-refractivity contribution in [2.75, 3.05) is 13.1 Å². The van der Waals surface area contributed by atoms with Crippen molar-refractivity contribution < 1.29 is 0 Å². The van der Waals surface area contributed by atoms with Crippen LogP contribution in [0.2, 0.25) is 0 Å². The molecule has 1 aromatic carbocycles. The van der Waals surface area contributed by atoms with Crippen molar-refractivity contribution in [2.45, 2.75) is 51.7 Å². The fourth-order valence-corrected chi connectivity index (χ4v) is 3.13. The maximum Gasteiger partial charge on any atom is 0.124 e. The molecule has 2 aromatic rings. The molecule has 0 aliphatic carbocycles. The van der Waals surface area contributed by atoms with Crippen molar-refractivity contribution in [2.24, 2.45) is 5.73 Å². The van der Waals surface area contributed by atoms with Gasteiger partial charge < -0.3 is 10.3 Å². The molecule has 1 aliphatic heterocycles. The highest BCUT2D eigenvalue weighted by Crippen LogP contribution is 2.19. The number of imidazole rings is 1. The summed E-state index contributed by atoms with van der Waals surface area (Å²) in [5.74, 6) is 1.17. The molecule has 1 fully saturated rings. The van der Waals surface area contributed by atoms with E-state index in [0.29, 0.717) is 0 Å². The summed E-state index contributed by atoms with van der Waals surface area (Å²) in [4.78, 5) is 7.39. The third-order valence-electron chi connectivity index (χ3n) is 4.49. The van der Waals surface area contributed by atoms with Gasteiger partial charge >= 0.3 is 0 Å². The van der Waals surface area contributed by atoms with Crippen LogP contribution >= 0.6 is 0 Å². The minimum atomic E-state index is 0.197. The van der Waals surface area contributed by atoms with Crippen LogP contribution < -0.4 is 5.73 Å². The van der Waals surface area contributed by atoms with Crippen LogP contribution in [0, 0.1) is 0 Å². The molecular formula is C17H26N4. The van der Waals surface area contributed by atoms with E-state index in [9.17, 15) is 0 Å². The molecule has 4 heteroatoms. The van der Waals surface area contributed by atoms with E-state index in [1.165, 1.54) is 43.7 Å². The molecule has 4 nitrogen and oxygen atoms in total. The van der Waals surface area contributed by atoms with Gasteiger partial charge in [0.1, 0.15) is 5.82 Å². The van der Waals surface area contributed by atoms with Crippen LogP contribution in [0.4, 0.5) is 0 Å². The molecular weight excluding hydrogens is 260 g/mol. The summed E-state index contributed by atoms with van der Waals surface area (Å²) in [6, 6.07) is 8.60. The van der Waals surface area contributed by atoms with Crippen LogP contribution in [0.15, 0.2) is 24.3 Å². The van der Waals surface area contributed by atoms with E-state index in [0.717, 1.165) is 25.0 Å². The van der Waals surface area contributed by atoms with Gasteiger partial charge in [0.05, 0.1) is 17.6 Å². The first-order valence-corrected chi connectivity index (χ1v) is 8.20. The number of para-hydroxylation sites is 2. The summed E-state index contributed by atoms with van der Waals surface area (Å²) in [5, 5.41) is 0. The molecule has 1 unspecified atom stereocenters. The van der Waals surface area contributed by atoms with Crippen LogP contribution in [-0.2, 0) is 13.1 Å². The molecule has 1 atom stereocenters. The summed E-state index contributed by atoms with van der Waals surface area (Å²) >= 11 is 0. The first-order valence-electron chi connectivity index (χ1n) is 8.20. The molecule has 0 bridgehead atoms. The smallest absolute Gasteiger partial charge is 0.124 e. The first-order chi connectivity index (χ1) is 10.3. The van der Waals surface area contributed by atoms with E-state index in [2.05, 4.69) is 40.7 Å². The second-order valence-corrected chi connectivity index (χ2v) is 6.13. The van der Waals surface area contributed by atoms with Crippen LogP contribution in [0.25, 0.3) is 11.0 Å². The number of fused-ring (bicyclic) bond motifs is 1. The van der Waals surface area contributed by atoms with Crippen molar-refractivity contribution >= 4 is 11.0 Å². The Bertz CT molecular complexity index is 583. The minimum absolute atomic E-state index is 0.197. The Labute approximate surface area is 126 Å². The van der Waals surface area contributed by atoms with E-state index >= 15 is 0 Å². The highest BCUT2D eigenvalue weighted by Gasteiger charge is 2.17. The zero-order chi connectivity index (χ0) is 14.7. The van der Waals surface area contributed by atoms with Crippen molar-refractivity contribution in [3.8, 4) is 0 Å². The molecule has 3 rings (SSSR count). The van der Waals surface area contributed by atoms with Gasteiger partial charge in [-0.05, 0) is 44.5 Å². The van der Waals surface area contributed by atoms with Crippen molar-refractivity contribution in [1.29, 1.82) is 0 Å². The highest BCUT2D eigenvalue weighted by atomic mass is 15.2. The van der Waals surface area contributed by atoms with Gasteiger partial charge in [0.25, 0.3) is 0 Å². The predicted molar refractivity (Wildman–Crippen MR) is 87.1 cm³/mol. The van der Waals surface area contributed by atoms with Crippen LogP contribution in [0.5, 0.6) is 0 Å². The third kappa shape index (κ3) is 3.27. The Hall–Kier alpha value is -1.39. The van der Waals surface area contributed by atoms with E-state index in [1.54, 1.807) is 0 Å². The number of hydrogen-bond acceptors (Lipinski definition) is 3. The first kappa shape index (κ1) is 14.5. The lowest BCUT2D eigenvalue weighted by atomic mass is 10.1. The van der Waals surface area contributed by atoms with Gasteiger partial charge in [0.2, 0.25) is 0 Å². The summed E-state index contributed by atoms with van der Waals surface area (Å²) in [6.45, 7) is 6.35. The number of nitrogens with two attached hydrogens (primary N) is 1. The topological polar surface area (TPSA) is 47.1 Å². The summed E-state index contributed by atoms with van der Waals surface area (Å²) in [5.41, 5.74) is 8.50. The molecule has 0 spiro atoms. The second-order valence-electron chi connectivity index (χ2n) is 6.13.